The lowest BCUT2D eigenvalue weighted by molar-refractivity contribution is 0.354. The molecule has 0 saturated carbocycles. The molecular formula is C19H24N6O2. The van der Waals surface area contributed by atoms with E-state index in [4.69, 9.17) is 9.47 Å². The fourth-order valence-corrected chi connectivity index (χ4v) is 2.76. The van der Waals surface area contributed by atoms with Gasteiger partial charge in [0.05, 0.1) is 20.8 Å². The normalized spacial score (nSPS) is 11.4. The highest BCUT2D eigenvalue weighted by atomic mass is 16.5. The molecule has 0 aliphatic carbocycles. The number of guanidine groups is 1. The van der Waals surface area contributed by atoms with Crippen molar-refractivity contribution in [2.24, 2.45) is 4.99 Å². The molecule has 0 atom stereocenters. The smallest absolute Gasteiger partial charge is 0.191 e. The third-order valence-corrected chi connectivity index (χ3v) is 4.18. The van der Waals surface area contributed by atoms with E-state index in [1.165, 1.54) is 0 Å². The Morgan fingerprint density at radius 3 is 2.70 bits per heavy atom. The first-order chi connectivity index (χ1) is 13.2. The summed E-state index contributed by atoms with van der Waals surface area (Å²) in [6.07, 6.45) is 2.77. The zero-order valence-electron chi connectivity index (χ0n) is 15.8. The minimum absolute atomic E-state index is 0.529. The van der Waals surface area contributed by atoms with Crippen molar-refractivity contribution in [1.29, 1.82) is 0 Å². The topological polar surface area (TPSA) is 85.1 Å². The predicted octanol–water partition coefficient (Wildman–Crippen LogP) is 1.65. The molecule has 0 aliphatic rings. The van der Waals surface area contributed by atoms with Gasteiger partial charge in [-0.2, -0.15) is 0 Å². The summed E-state index contributed by atoms with van der Waals surface area (Å²) >= 11 is 0. The van der Waals surface area contributed by atoms with Crippen molar-refractivity contribution in [3.8, 4) is 11.5 Å². The number of hydrogen-bond donors (Lipinski definition) is 2. The standard InChI is InChI=1S/C19H24N6O2/c1-20-19(22-13-18-24-23-17-6-4-5-11-25(17)18)21-10-9-14-7-8-15(26-2)16(12-14)27-3/h4-8,11-12H,9-10,13H2,1-3H3,(H2,20,21,22). The average molecular weight is 368 g/mol. The first kappa shape index (κ1) is 18.5. The number of methoxy groups -OCH3 is 2. The lowest BCUT2D eigenvalue weighted by Crippen LogP contribution is -2.38. The van der Waals surface area contributed by atoms with Gasteiger partial charge in [-0.15, -0.1) is 10.2 Å². The minimum atomic E-state index is 0.529. The van der Waals surface area contributed by atoms with Gasteiger partial charge in [-0.05, 0) is 36.2 Å². The Morgan fingerprint density at radius 2 is 1.93 bits per heavy atom. The summed E-state index contributed by atoms with van der Waals surface area (Å²) in [4.78, 5) is 4.25. The molecule has 2 aromatic heterocycles. The van der Waals surface area contributed by atoms with Crippen LogP contribution in [0.2, 0.25) is 0 Å². The van der Waals surface area contributed by atoms with Crippen molar-refractivity contribution >= 4 is 11.6 Å². The molecule has 0 radical (unpaired) electrons. The largest absolute Gasteiger partial charge is 0.493 e. The SMILES string of the molecule is CN=C(NCCc1ccc(OC)c(OC)c1)NCc1nnc2ccccn12. The van der Waals surface area contributed by atoms with Gasteiger partial charge in [0, 0.05) is 19.8 Å². The van der Waals surface area contributed by atoms with Crippen LogP contribution in [0.5, 0.6) is 11.5 Å². The van der Waals surface area contributed by atoms with Gasteiger partial charge in [0.1, 0.15) is 0 Å². The number of aliphatic imine (C=N–C) groups is 1. The van der Waals surface area contributed by atoms with Gasteiger partial charge in [-0.3, -0.25) is 9.39 Å². The van der Waals surface area contributed by atoms with Gasteiger partial charge in [-0.25, -0.2) is 0 Å². The van der Waals surface area contributed by atoms with Crippen LogP contribution in [0.4, 0.5) is 0 Å². The van der Waals surface area contributed by atoms with Gasteiger partial charge in [0.25, 0.3) is 0 Å². The Morgan fingerprint density at radius 1 is 1.07 bits per heavy atom. The van der Waals surface area contributed by atoms with Crippen molar-refractivity contribution in [1.82, 2.24) is 25.2 Å². The lowest BCUT2D eigenvalue weighted by atomic mass is 10.1. The fourth-order valence-electron chi connectivity index (χ4n) is 2.76. The Labute approximate surface area is 158 Å². The van der Waals surface area contributed by atoms with Gasteiger partial charge in [0.15, 0.2) is 28.9 Å². The summed E-state index contributed by atoms with van der Waals surface area (Å²) in [7, 11) is 5.01. The molecule has 8 heteroatoms. The van der Waals surface area contributed by atoms with Crippen LogP contribution in [-0.2, 0) is 13.0 Å². The number of benzene rings is 1. The van der Waals surface area contributed by atoms with Crippen LogP contribution in [0.25, 0.3) is 5.65 Å². The van der Waals surface area contributed by atoms with Crippen LogP contribution < -0.4 is 20.1 Å². The maximum atomic E-state index is 5.34. The Bertz CT molecular complexity index is 921. The molecule has 0 bridgehead atoms. The number of nitrogens with zero attached hydrogens (tertiary/aromatic N) is 4. The zero-order valence-corrected chi connectivity index (χ0v) is 15.8. The van der Waals surface area contributed by atoms with Crippen LogP contribution in [0, 0.1) is 0 Å². The van der Waals surface area contributed by atoms with E-state index in [0.29, 0.717) is 12.5 Å². The highest BCUT2D eigenvalue weighted by molar-refractivity contribution is 5.79. The van der Waals surface area contributed by atoms with E-state index < -0.39 is 0 Å². The number of rotatable bonds is 7. The van der Waals surface area contributed by atoms with E-state index in [1.807, 2.05) is 47.0 Å². The molecule has 8 nitrogen and oxygen atoms in total. The molecule has 0 spiro atoms. The summed E-state index contributed by atoms with van der Waals surface area (Å²) < 4.78 is 12.6. The van der Waals surface area contributed by atoms with Crippen molar-refractivity contribution in [2.75, 3.05) is 27.8 Å². The molecule has 142 valence electrons. The number of nitrogens with one attached hydrogen (secondary N) is 2. The van der Waals surface area contributed by atoms with Crippen LogP contribution in [0.1, 0.15) is 11.4 Å². The summed E-state index contributed by atoms with van der Waals surface area (Å²) in [5, 5.41) is 14.9. The van der Waals surface area contributed by atoms with E-state index in [2.05, 4.69) is 25.8 Å². The van der Waals surface area contributed by atoms with E-state index in [0.717, 1.165) is 41.5 Å². The highest BCUT2D eigenvalue weighted by Crippen LogP contribution is 2.27. The molecule has 1 aromatic carbocycles. The first-order valence-corrected chi connectivity index (χ1v) is 8.69. The Hall–Kier alpha value is -3.29. The van der Waals surface area contributed by atoms with Gasteiger partial charge >= 0.3 is 0 Å². The maximum Gasteiger partial charge on any atom is 0.191 e. The van der Waals surface area contributed by atoms with Gasteiger partial charge < -0.3 is 20.1 Å². The van der Waals surface area contributed by atoms with Crippen molar-refractivity contribution < 1.29 is 9.47 Å². The number of ether oxygens (including phenoxy) is 2. The Kier molecular flexibility index (Phi) is 6.09. The van der Waals surface area contributed by atoms with Gasteiger partial charge in [0.2, 0.25) is 0 Å². The third-order valence-electron chi connectivity index (χ3n) is 4.18. The number of pyridine rings is 1. The molecule has 0 aliphatic heterocycles. The monoisotopic (exact) mass is 368 g/mol. The number of fused-ring (bicyclic) bond motifs is 1. The first-order valence-electron chi connectivity index (χ1n) is 8.69. The van der Waals surface area contributed by atoms with Crippen LogP contribution in [0.15, 0.2) is 47.6 Å². The highest BCUT2D eigenvalue weighted by Gasteiger charge is 2.07. The Balaban J connectivity index is 1.52. The number of aromatic nitrogens is 3. The quantitative estimate of drug-likeness (QED) is 0.487. The zero-order chi connectivity index (χ0) is 19.1. The second-order valence-electron chi connectivity index (χ2n) is 5.84. The molecule has 2 heterocycles. The van der Waals surface area contributed by atoms with E-state index in [1.54, 1.807) is 21.3 Å². The van der Waals surface area contributed by atoms with Crippen LogP contribution in [0.3, 0.4) is 0 Å². The molecule has 0 amide bonds. The molecule has 3 rings (SSSR count). The molecule has 0 saturated heterocycles. The average Bonchev–Trinajstić information content (AvgIpc) is 3.13. The predicted molar refractivity (Wildman–Crippen MR) is 104 cm³/mol. The fraction of sp³-hybridized carbons (Fsp3) is 0.316. The van der Waals surface area contributed by atoms with Crippen molar-refractivity contribution in [3.05, 3.63) is 54.0 Å². The summed E-state index contributed by atoms with van der Waals surface area (Å²) in [6.45, 7) is 1.26. The van der Waals surface area contributed by atoms with Crippen molar-refractivity contribution in [3.63, 3.8) is 0 Å². The second kappa shape index (κ2) is 8.88. The molecule has 3 aromatic rings. The van der Waals surface area contributed by atoms with E-state index in [9.17, 15) is 0 Å². The lowest BCUT2D eigenvalue weighted by Gasteiger charge is -2.12. The molecular weight excluding hydrogens is 344 g/mol. The second-order valence-corrected chi connectivity index (χ2v) is 5.84. The number of hydrogen-bond acceptors (Lipinski definition) is 5. The summed E-state index contributed by atoms with van der Waals surface area (Å²) in [5.41, 5.74) is 1.98. The molecule has 0 unspecified atom stereocenters. The van der Waals surface area contributed by atoms with E-state index in [-0.39, 0.29) is 0 Å². The maximum absolute atomic E-state index is 5.34. The van der Waals surface area contributed by atoms with Crippen LogP contribution >= 0.6 is 0 Å². The van der Waals surface area contributed by atoms with E-state index >= 15 is 0 Å². The molecule has 2 N–H and O–H groups in total. The minimum Gasteiger partial charge on any atom is -0.493 e. The third kappa shape index (κ3) is 4.46. The summed E-state index contributed by atoms with van der Waals surface area (Å²) in [6, 6.07) is 11.7. The van der Waals surface area contributed by atoms with Gasteiger partial charge in [-0.1, -0.05) is 12.1 Å². The van der Waals surface area contributed by atoms with Crippen LogP contribution in [-0.4, -0.2) is 48.4 Å². The summed E-state index contributed by atoms with van der Waals surface area (Å²) in [5.74, 6) is 3.00. The molecule has 27 heavy (non-hydrogen) atoms. The van der Waals surface area contributed by atoms with Crippen molar-refractivity contribution in [2.45, 2.75) is 13.0 Å². The molecule has 0 fully saturated rings.